The molecule has 0 aromatic heterocycles. The lowest BCUT2D eigenvalue weighted by Crippen LogP contribution is -2.24. The van der Waals surface area contributed by atoms with Gasteiger partial charge in [0, 0.05) is 5.41 Å². The molecule has 19 heavy (non-hydrogen) atoms. The molecule has 0 bridgehead atoms. The molecule has 1 heteroatoms. The maximum Gasteiger partial charge on any atom is 0.0522 e. The summed E-state index contributed by atoms with van der Waals surface area (Å²) in [5.74, 6) is 0.693. The topological polar surface area (TPSA) is 20.2 Å². The van der Waals surface area contributed by atoms with E-state index in [1.165, 1.54) is 36.8 Å². The van der Waals surface area contributed by atoms with Crippen LogP contribution in [0.15, 0.2) is 24.3 Å². The van der Waals surface area contributed by atoms with E-state index in [-0.39, 0.29) is 12.0 Å². The summed E-state index contributed by atoms with van der Waals surface area (Å²) in [5, 5.41) is 9.53. The SMILES string of the molecule is CC1(C)CCCC(c2cccc(C(C)(C)CO)c2)C1. The molecular formula is C18H28O. The van der Waals surface area contributed by atoms with Gasteiger partial charge >= 0.3 is 0 Å². The summed E-state index contributed by atoms with van der Waals surface area (Å²) in [7, 11) is 0. The number of hydrogen-bond acceptors (Lipinski definition) is 1. The van der Waals surface area contributed by atoms with Gasteiger partial charge in [-0.05, 0) is 41.7 Å². The van der Waals surface area contributed by atoms with E-state index in [4.69, 9.17) is 0 Å². The zero-order valence-corrected chi connectivity index (χ0v) is 12.9. The van der Waals surface area contributed by atoms with Crippen LogP contribution in [-0.4, -0.2) is 11.7 Å². The monoisotopic (exact) mass is 260 g/mol. The second-order valence-corrected chi connectivity index (χ2v) is 7.62. The second kappa shape index (κ2) is 5.28. The Morgan fingerprint density at radius 1 is 1.32 bits per heavy atom. The van der Waals surface area contributed by atoms with E-state index in [0.717, 1.165) is 0 Å². The Hall–Kier alpha value is -0.820. The average Bonchev–Trinajstić information content (AvgIpc) is 2.38. The molecule has 1 aromatic carbocycles. The van der Waals surface area contributed by atoms with Crippen molar-refractivity contribution in [2.75, 3.05) is 6.61 Å². The van der Waals surface area contributed by atoms with Crippen molar-refractivity contribution >= 4 is 0 Å². The summed E-state index contributed by atoms with van der Waals surface area (Å²) >= 11 is 0. The minimum absolute atomic E-state index is 0.139. The molecule has 0 heterocycles. The fraction of sp³-hybridized carbons (Fsp3) is 0.667. The Morgan fingerprint density at radius 2 is 2.05 bits per heavy atom. The highest BCUT2D eigenvalue weighted by atomic mass is 16.3. The molecular weight excluding hydrogens is 232 g/mol. The average molecular weight is 260 g/mol. The van der Waals surface area contributed by atoms with Crippen LogP contribution >= 0.6 is 0 Å². The Labute approximate surface area is 118 Å². The quantitative estimate of drug-likeness (QED) is 0.839. The molecule has 1 N–H and O–H groups in total. The van der Waals surface area contributed by atoms with Crippen LogP contribution in [0.4, 0.5) is 0 Å². The molecule has 106 valence electrons. The molecule has 1 aliphatic carbocycles. The first-order valence-corrected chi connectivity index (χ1v) is 7.55. The molecule has 1 aromatic rings. The predicted octanol–water partition coefficient (Wildman–Crippen LogP) is 4.64. The largest absolute Gasteiger partial charge is 0.395 e. The number of aliphatic hydroxyl groups excluding tert-OH is 1. The summed E-state index contributed by atoms with van der Waals surface area (Å²) in [5.41, 5.74) is 3.06. The predicted molar refractivity (Wildman–Crippen MR) is 81.5 cm³/mol. The third kappa shape index (κ3) is 3.39. The van der Waals surface area contributed by atoms with Crippen LogP contribution in [0, 0.1) is 5.41 Å². The fourth-order valence-electron chi connectivity index (χ4n) is 3.29. The van der Waals surface area contributed by atoms with Gasteiger partial charge in [-0.15, -0.1) is 0 Å². The number of hydrogen-bond donors (Lipinski definition) is 1. The van der Waals surface area contributed by atoms with Gasteiger partial charge in [-0.1, -0.05) is 58.4 Å². The van der Waals surface area contributed by atoms with E-state index < -0.39 is 0 Å². The number of aliphatic hydroxyl groups is 1. The molecule has 0 amide bonds. The third-order valence-electron chi connectivity index (χ3n) is 4.74. The van der Waals surface area contributed by atoms with Crippen LogP contribution in [0.3, 0.4) is 0 Å². The molecule has 0 spiro atoms. The van der Waals surface area contributed by atoms with Gasteiger partial charge in [0.15, 0.2) is 0 Å². The third-order valence-corrected chi connectivity index (χ3v) is 4.74. The van der Waals surface area contributed by atoms with E-state index in [1.807, 2.05) is 0 Å². The number of rotatable bonds is 3. The van der Waals surface area contributed by atoms with Crippen LogP contribution in [-0.2, 0) is 5.41 Å². The molecule has 1 saturated carbocycles. The van der Waals surface area contributed by atoms with Gasteiger partial charge in [-0.2, -0.15) is 0 Å². The fourth-order valence-corrected chi connectivity index (χ4v) is 3.29. The van der Waals surface area contributed by atoms with E-state index in [2.05, 4.69) is 52.0 Å². The summed E-state index contributed by atoms with van der Waals surface area (Å²) in [4.78, 5) is 0. The van der Waals surface area contributed by atoms with Gasteiger partial charge in [-0.3, -0.25) is 0 Å². The highest BCUT2D eigenvalue weighted by Crippen LogP contribution is 2.43. The number of benzene rings is 1. The van der Waals surface area contributed by atoms with Crippen LogP contribution < -0.4 is 0 Å². The minimum atomic E-state index is -0.139. The van der Waals surface area contributed by atoms with Gasteiger partial charge in [0.2, 0.25) is 0 Å². The van der Waals surface area contributed by atoms with Crippen molar-refractivity contribution in [3.63, 3.8) is 0 Å². The van der Waals surface area contributed by atoms with Crippen molar-refractivity contribution in [2.45, 2.75) is 64.7 Å². The van der Waals surface area contributed by atoms with Crippen LogP contribution in [0.5, 0.6) is 0 Å². The highest BCUT2D eigenvalue weighted by Gasteiger charge is 2.29. The van der Waals surface area contributed by atoms with Crippen LogP contribution in [0.25, 0.3) is 0 Å². The highest BCUT2D eigenvalue weighted by molar-refractivity contribution is 5.31. The van der Waals surface area contributed by atoms with E-state index in [1.54, 1.807) is 0 Å². The van der Waals surface area contributed by atoms with Crippen LogP contribution in [0.2, 0.25) is 0 Å². The van der Waals surface area contributed by atoms with Crippen molar-refractivity contribution < 1.29 is 5.11 Å². The first-order chi connectivity index (χ1) is 8.84. The summed E-state index contributed by atoms with van der Waals surface area (Å²) in [6.07, 6.45) is 5.29. The molecule has 0 radical (unpaired) electrons. The van der Waals surface area contributed by atoms with E-state index in [9.17, 15) is 5.11 Å². The zero-order chi connectivity index (χ0) is 14.1. The maximum absolute atomic E-state index is 9.53. The van der Waals surface area contributed by atoms with Gasteiger partial charge in [-0.25, -0.2) is 0 Å². The molecule has 1 unspecified atom stereocenters. The molecule has 1 fully saturated rings. The van der Waals surface area contributed by atoms with Crippen LogP contribution in [0.1, 0.15) is 70.4 Å². The molecule has 0 saturated heterocycles. The smallest absolute Gasteiger partial charge is 0.0522 e. The van der Waals surface area contributed by atoms with Crippen molar-refractivity contribution in [1.29, 1.82) is 0 Å². The Morgan fingerprint density at radius 3 is 2.68 bits per heavy atom. The van der Waals surface area contributed by atoms with E-state index >= 15 is 0 Å². The maximum atomic E-state index is 9.53. The lowest BCUT2D eigenvalue weighted by atomic mass is 9.69. The normalized spacial score (nSPS) is 23.3. The Bertz CT molecular complexity index is 431. The van der Waals surface area contributed by atoms with Gasteiger partial charge in [0.05, 0.1) is 6.61 Å². The molecule has 1 atom stereocenters. The first kappa shape index (κ1) is 14.6. The van der Waals surface area contributed by atoms with Crippen molar-refractivity contribution in [3.05, 3.63) is 35.4 Å². The van der Waals surface area contributed by atoms with Gasteiger partial charge in [0.25, 0.3) is 0 Å². The van der Waals surface area contributed by atoms with Gasteiger partial charge in [0.1, 0.15) is 0 Å². The molecule has 1 aliphatic rings. The lowest BCUT2D eigenvalue weighted by molar-refractivity contribution is 0.215. The molecule has 2 rings (SSSR count). The standard InChI is InChI=1S/C18H28O/c1-17(2)10-6-8-15(12-17)14-7-5-9-16(11-14)18(3,4)13-19/h5,7,9,11,15,19H,6,8,10,12-13H2,1-4H3. The van der Waals surface area contributed by atoms with Gasteiger partial charge < -0.3 is 5.11 Å². The zero-order valence-electron chi connectivity index (χ0n) is 12.9. The lowest BCUT2D eigenvalue weighted by Gasteiger charge is -2.36. The van der Waals surface area contributed by atoms with E-state index in [0.29, 0.717) is 11.3 Å². The Kier molecular flexibility index (Phi) is 4.06. The first-order valence-electron chi connectivity index (χ1n) is 7.55. The summed E-state index contributed by atoms with van der Waals surface area (Å²) in [6, 6.07) is 8.89. The Balaban J connectivity index is 2.24. The van der Waals surface area contributed by atoms with Crippen molar-refractivity contribution in [2.24, 2.45) is 5.41 Å². The summed E-state index contributed by atoms with van der Waals surface area (Å²) in [6.45, 7) is 9.20. The molecule has 0 aliphatic heterocycles. The molecule has 1 nitrogen and oxygen atoms in total. The van der Waals surface area contributed by atoms with Crippen molar-refractivity contribution in [3.8, 4) is 0 Å². The summed E-state index contributed by atoms with van der Waals surface area (Å²) < 4.78 is 0. The second-order valence-electron chi connectivity index (χ2n) is 7.62. The van der Waals surface area contributed by atoms with Crippen molar-refractivity contribution in [1.82, 2.24) is 0 Å². The minimum Gasteiger partial charge on any atom is -0.395 e.